The molecule has 2 aromatic rings. The zero-order valence-electron chi connectivity index (χ0n) is 18.0. The molecule has 1 fully saturated rings. The summed E-state index contributed by atoms with van der Waals surface area (Å²) < 4.78 is 11.0. The van der Waals surface area contributed by atoms with Crippen molar-refractivity contribution < 1.29 is 19.1 Å². The molecule has 2 amide bonds. The second-order valence-corrected chi connectivity index (χ2v) is 7.53. The third kappa shape index (κ3) is 7.38. The summed E-state index contributed by atoms with van der Waals surface area (Å²) in [6, 6.07) is 18.2. The van der Waals surface area contributed by atoms with Crippen LogP contribution >= 0.6 is 0 Å². The van der Waals surface area contributed by atoms with Gasteiger partial charge in [0, 0.05) is 32.7 Å². The molecule has 2 aromatic carbocycles. The van der Waals surface area contributed by atoms with E-state index < -0.39 is 6.04 Å². The molecule has 7 heteroatoms. The largest absolute Gasteiger partial charge is 0.484 e. The Hall–Kier alpha value is -2.90. The van der Waals surface area contributed by atoms with Gasteiger partial charge in [0.05, 0.1) is 13.2 Å². The summed E-state index contributed by atoms with van der Waals surface area (Å²) >= 11 is 0. The second kappa shape index (κ2) is 12.1. The molecule has 1 aliphatic rings. The maximum Gasteiger partial charge on any atom is 0.261 e. The van der Waals surface area contributed by atoms with Crippen molar-refractivity contribution >= 4 is 11.8 Å². The monoisotopic (exact) mass is 425 g/mol. The fourth-order valence-corrected chi connectivity index (χ4v) is 3.42. The van der Waals surface area contributed by atoms with Crippen molar-refractivity contribution in [3.63, 3.8) is 0 Å². The number of benzene rings is 2. The molecule has 1 atom stereocenters. The summed E-state index contributed by atoms with van der Waals surface area (Å²) in [6.45, 7) is 6.49. The summed E-state index contributed by atoms with van der Waals surface area (Å²) in [6.07, 6.45) is 0. The summed E-state index contributed by atoms with van der Waals surface area (Å²) in [4.78, 5) is 29.6. The van der Waals surface area contributed by atoms with Crippen LogP contribution in [-0.2, 0) is 20.9 Å². The highest BCUT2D eigenvalue weighted by molar-refractivity contribution is 5.87. The molecule has 0 saturated carbocycles. The molecular weight excluding hydrogens is 394 g/mol. The Kier molecular flexibility index (Phi) is 8.87. The lowest BCUT2D eigenvalue weighted by molar-refractivity contribution is -0.142. The van der Waals surface area contributed by atoms with E-state index in [-0.39, 0.29) is 18.4 Å². The number of ether oxygens (including phenoxy) is 2. The minimum atomic E-state index is -0.614. The van der Waals surface area contributed by atoms with E-state index in [4.69, 9.17) is 9.47 Å². The van der Waals surface area contributed by atoms with Crippen LogP contribution in [0.2, 0.25) is 0 Å². The molecule has 0 spiro atoms. The van der Waals surface area contributed by atoms with Gasteiger partial charge in [-0.1, -0.05) is 48.5 Å². The molecule has 1 saturated heterocycles. The highest BCUT2D eigenvalue weighted by atomic mass is 16.5. The number of nitrogens with zero attached hydrogens (tertiary/aromatic N) is 2. The molecular formula is C24H31N3O4. The number of hydrogen-bond acceptors (Lipinski definition) is 5. The maximum atomic E-state index is 13.0. The van der Waals surface area contributed by atoms with Gasteiger partial charge in [-0.25, -0.2) is 0 Å². The van der Waals surface area contributed by atoms with Crippen molar-refractivity contribution in [2.45, 2.75) is 19.5 Å². The maximum absolute atomic E-state index is 13.0. The Labute approximate surface area is 183 Å². The van der Waals surface area contributed by atoms with E-state index in [9.17, 15) is 9.59 Å². The number of nitrogens with one attached hydrogen (secondary N) is 1. The van der Waals surface area contributed by atoms with Crippen molar-refractivity contribution in [3.8, 4) is 5.75 Å². The standard InChI is InChI=1S/C24H31N3O4/c1-20(24(29)25-12-13-26-14-16-30-17-15-26)27(18-21-8-4-2-5-9-21)23(28)19-31-22-10-6-3-7-11-22/h2-11,20H,12-19H2,1H3,(H,25,29)/t20-/m1/s1. The van der Waals surface area contributed by atoms with Gasteiger partial charge in [0.25, 0.3) is 5.91 Å². The molecule has 0 aliphatic carbocycles. The molecule has 0 aromatic heterocycles. The number of rotatable bonds is 10. The fraction of sp³-hybridized carbons (Fsp3) is 0.417. The Balaban J connectivity index is 1.58. The van der Waals surface area contributed by atoms with Crippen LogP contribution in [-0.4, -0.2) is 73.7 Å². The number of hydrogen-bond donors (Lipinski definition) is 1. The van der Waals surface area contributed by atoms with Crippen molar-refractivity contribution in [2.75, 3.05) is 46.0 Å². The van der Waals surface area contributed by atoms with E-state index in [1.54, 1.807) is 24.0 Å². The molecule has 0 bridgehead atoms. The highest BCUT2D eigenvalue weighted by Gasteiger charge is 2.26. The van der Waals surface area contributed by atoms with Crippen molar-refractivity contribution in [2.24, 2.45) is 0 Å². The summed E-state index contributed by atoms with van der Waals surface area (Å²) in [5.41, 5.74) is 0.962. The van der Waals surface area contributed by atoms with Gasteiger partial charge >= 0.3 is 0 Å². The van der Waals surface area contributed by atoms with Crippen LogP contribution in [0.3, 0.4) is 0 Å². The van der Waals surface area contributed by atoms with E-state index in [2.05, 4.69) is 10.2 Å². The van der Waals surface area contributed by atoms with Gasteiger partial charge in [-0.2, -0.15) is 0 Å². The van der Waals surface area contributed by atoms with E-state index in [1.807, 2.05) is 48.5 Å². The smallest absolute Gasteiger partial charge is 0.261 e. The average molecular weight is 426 g/mol. The lowest BCUT2D eigenvalue weighted by Gasteiger charge is -2.30. The van der Waals surface area contributed by atoms with Gasteiger partial charge in [-0.05, 0) is 24.6 Å². The Morgan fingerprint density at radius 3 is 2.39 bits per heavy atom. The van der Waals surface area contributed by atoms with Gasteiger partial charge in [0.2, 0.25) is 5.91 Å². The molecule has 7 nitrogen and oxygen atoms in total. The minimum absolute atomic E-state index is 0.123. The Morgan fingerprint density at radius 1 is 1.06 bits per heavy atom. The molecule has 31 heavy (non-hydrogen) atoms. The molecule has 1 aliphatic heterocycles. The van der Waals surface area contributed by atoms with Gasteiger partial charge in [-0.15, -0.1) is 0 Å². The van der Waals surface area contributed by atoms with E-state index >= 15 is 0 Å². The summed E-state index contributed by atoms with van der Waals surface area (Å²) in [7, 11) is 0. The third-order valence-corrected chi connectivity index (χ3v) is 5.30. The molecule has 1 heterocycles. The molecule has 0 unspecified atom stereocenters. The van der Waals surface area contributed by atoms with Crippen molar-refractivity contribution in [1.29, 1.82) is 0 Å². The fourth-order valence-electron chi connectivity index (χ4n) is 3.42. The van der Waals surface area contributed by atoms with E-state index in [0.717, 1.165) is 38.4 Å². The van der Waals surface area contributed by atoms with Crippen LogP contribution in [0.4, 0.5) is 0 Å². The minimum Gasteiger partial charge on any atom is -0.484 e. The van der Waals surface area contributed by atoms with Crippen LogP contribution in [0.5, 0.6) is 5.75 Å². The first-order valence-corrected chi connectivity index (χ1v) is 10.7. The quantitative estimate of drug-likeness (QED) is 0.630. The van der Waals surface area contributed by atoms with Gasteiger partial charge in [-0.3, -0.25) is 14.5 Å². The second-order valence-electron chi connectivity index (χ2n) is 7.53. The van der Waals surface area contributed by atoms with Crippen molar-refractivity contribution in [3.05, 3.63) is 66.2 Å². The zero-order valence-corrected chi connectivity index (χ0v) is 18.0. The lowest BCUT2D eigenvalue weighted by atomic mass is 10.1. The van der Waals surface area contributed by atoms with E-state index in [0.29, 0.717) is 18.8 Å². The highest BCUT2D eigenvalue weighted by Crippen LogP contribution is 2.12. The number of carbonyl (C=O) groups is 2. The third-order valence-electron chi connectivity index (χ3n) is 5.30. The predicted molar refractivity (Wildman–Crippen MR) is 119 cm³/mol. The van der Waals surface area contributed by atoms with Crippen LogP contribution in [0.1, 0.15) is 12.5 Å². The predicted octanol–water partition coefficient (Wildman–Crippen LogP) is 1.93. The zero-order chi connectivity index (χ0) is 21.9. The normalized spacial score (nSPS) is 15.1. The average Bonchev–Trinajstić information content (AvgIpc) is 2.82. The number of morpholine rings is 1. The van der Waals surface area contributed by atoms with Gasteiger partial charge in [0.15, 0.2) is 6.61 Å². The number of carbonyl (C=O) groups excluding carboxylic acids is 2. The lowest BCUT2D eigenvalue weighted by Crippen LogP contribution is -2.50. The molecule has 3 rings (SSSR count). The van der Waals surface area contributed by atoms with Crippen LogP contribution in [0.15, 0.2) is 60.7 Å². The summed E-state index contributed by atoms with van der Waals surface area (Å²) in [5.74, 6) is 0.221. The first-order chi connectivity index (χ1) is 15.1. The molecule has 0 radical (unpaired) electrons. The first kappa shape index (κ1) is 22.8. The van der Waals surface area contributed by atoms with Crippen LogP contribution in [0, 0.1) is 0 Å². The number of amides is 2. The Morgan fingerprint density at radius 2 is 1.71 bits per heavy atom. The molecule has 1 N–H and O–H groups in total. The van der Waals surface area contributed by atoms with Crippen LogP contribution < -0.4 is 10.1 Å². The first-order valence-electron chi connectivity index (χ1n) is 10.7. The van der Waals surface area contributed by atoms with Gasteiger partial charge in [0.1, 0.15) is 11.8 Å². The summed E-state index contributed by atoms with van der Waals surface area (Å²) in [5, 5.41) is 2.97. The number of para-hydroxylation sites is 1. The van der Waals surface area contributed by atoms with Gasteiger partial charge < -0.3 is 19.7 Å². The topological polar surface area (TPSA) is 71.1 Å². The SMILES string of the molecule is C[C@H](C(=O)NCCN1CCOCC1)N(Cc1ccccc1)C(=O)COc1ccccc1. The Bertz CT molecular complexity index is 810. The molecule has 166 valence electrons. The van der Waals surface area contributed by atoms with Crippen LogP contribution in [0.25, 0.3) is 0 Å². The van der Waals surface area contributed by atoms with E-state index in [1.165, 1.54) is 0 Å². The van der Waals surface area contributed by atoms with Crippen molar-refractivity contribution in [1.82, 2.24) is 15.1 Å².